The Morgan fingerprint density at radius 2 is 1.89 bits per heavy atom. The van der Waals surface area contributed by atoms with Gasteiger partial charge in [-0.05, 0) is 43.2 Å². The summed E-state index contributed by atoms with van der Waals surface area (Å²) < 4.78 is 18.7. The molecule has 19 heavy (non-hydrogen) atoms. The highest BCUT2D eigenvalue weighted by Gasteiger charge is 2.15. The minimum atomic E-state index is -0.316. The number of hydrogen-bond acceptors (Lipinski definition) is 2. The molecule has 2 rings (SSSR count). The topological polar surface area (TPSA) is 35.2 Å². The van der Waals surface area contributed by atoms with E-state index in [-0.39, 0.29) is 11.9 Å². The molecule has 2 aromatic rings. The highest BCUT2D eigenvalue weighted by Crippen LogP contribution is 2.30. The van der Waals surface area contributed by atoms with E-state index in [0.29, 0.717) is 6.61 Å². The van der Waals surface area contributed by atoms with Crippen LogP contribution in [0.15, 0.2) is 42.5 Å². The summed E-state index contributed by atoms with van der Waals surface area (Å²) in [6.45, 7) is 4.39. The molecular weight excluding hydrogens is 241 g/mol. The third-order valence-corrected chi connectivity index (χ3v) is 3.12. The van der Waals surface area contributed by atoms with Gasteiger partial charge in [0, 0.05) is 5.56 Å². The minimum Gasteiger partial charge on any atom is -0.494 e. The van der Waals surface area contributed by atoms with Crippen LogP contribution in [0.1, 0.15) is 29.7 Å². The van der Waals surface area contributed by atoms with Crippen LogP contribution in [0, 0.1) is 12.7 Å². The molecule has 0 aliphatic rings. The lowest BCUT2D eigenvalue weighted by atomic mass is 9.95. The molecule has 2 aromatic carbocycles. The molecular formula is C16H18FNO. The zero-order valence-electron chi connectivity index (χ0n) is 11.2. The first-order chi connectivity index (χ1) is 9.13. The fourth-order valence-corrected chi connectivity index (χ4v) is 2.18. The minimum absolute atomic E-state index is 0.244. The van der Waals surface area contributed by atoms with Crippen LogP contribution in [-0.2, 0) is 0 Å². The maximum absolute atomic E-state index is 13.1. The second-order valence-corrected chi connectivity index (χ2v) is 4.45. The van der Waals surface area contributed by atoms with Crippen molar-refractivity contribution in [3.05, 3.63) is 65.0 Å². The molecule has 0 spiro atoms. The Morgan fingerprint density at radius 1 is 1.16 bits per heavy atom. The summed E-state index contributed by atoms with van der Waals surface area (Å²) in [7, 11) is 0. The Kier molecular flexibility index (Phi) is 4.17. The summed E-state index contributed by atoms with van der Waals surface area (Å²) in [5.74, 6) is 0.535. The van der Waals surface area contributed by atoms with Crippen molar-refractivity contribution in [2.24, 2.45) is 5.73 Å². The first kappa shape index (κ1) is 13.6. The SMILES string of the molecule is CCOc1ccccc1C(N)c1ccc(F)cc1C. The van der Waals surface area contributed by atoms with Gasteiger partial charge in [0.25, 0.3) is 0 Å². The summed E-state index contributed by atoms with van der Waals surface area (Å²) in [5.41, 5.74) is 8.97. The summed E-state index contributed by atoms with van der Waals surface area (Å²) in [6.07, 6.45) is 0. The molecule has 0 aliphatic carbocycles. The molecule has 2 N–H and O–H groups in total. The van der Waals surface area contributed by atoms with Crippen molar-refractivity contribution >= 4 is 0 Å². The largest absolute Gasteiger partial charge is 0.494 e. The number of aryl methyl sites for hydroxylation is 1. The van der Waals surface area contributed by atoms with Crippen LogP contribution in [0.5, 0.6) is 5.75 Å². The Morgan fingerprint density at radius 3 is 2.58 bits per heavy atom. The number of hydrogen-bond donors (Lipinski definition) is 1. The predicted molar refractivity (Wildman–Crippen MR) is 74.8 cm³/mol. The van der Waals surface area contributed by atoms with Crippen molar-refractivity contribution in [2.45, 2.75) is 19.9 Å². The summed E-state index contributed by atoms with van der Waals surface area (Å²) in [4.78, 5) is 0. The Bertz CT molecular complexity index is 568. The first-order valence-corrected chi connectivity index (χ1v) is 6.36. The van der Waals surface area contributed by atoms with Crippen molar-refractivity contribution in [1.29, 1.82) is 0 Å². The summed E-state index contributed by atoms with van der Waals surface area (Å²) >= 11 is 0. The van der Waals surface area contributed by atoms with Gasteiger partial charge in [0.05, 0.1) is 12.6 Å². The van der Waals surface area contributed by atoms with E-state index < -0.39 is 0 Å². The van der Waals surface area contributed by atoms with Crippen LogP contribution in [0.25, 0.3) is 0 Å². The van der Waals surface area contributed by atoms with E-state index in [1.165, 1.54) is 12.1 Å². The van der Waals surface area contributed by atoms with E-state index in [4.69, 9.17) is 10.5 Å². The fourth-order valence-electron chi connectivity index (χ4n) is 2.18. The zero-order valence-corrected chi connectivity index (χ0v) is 11.2. The van der Waals surface area contributed by atoms with Gasteiger partial charge in [0.2, 0.25) is 0 Å². The molecule has 0 aromatic heterocycles. The Hall–Kier alpha value is -1.87. The van der Waals surface area contributed by atoms with Crippen molar-refractivity contribution < 1.29 is 9.13 Å². The number of halogens is 1. The van der Waals surface area contributed by atoms with Gasteiger partial charge in [-0.1, -0.05) is 24.3 Å². The molecule has 100 valence electrons. The van der Waals surface area contributed by atoms with E-state index >= 15 is 0 Å². The van der Waals surface area contributed by atoms with Gasteiger partial charge < -0.3 is 10.5 Å². The van der Waals surface area contributed by atoms with E-state index in [2.05, 4.69) is 0 Å². The standard InChI is InChI=1S/C16H18FNO/c1-3-19-15-7-5-4-6-14(15)16(18)13-9-8-12(17)10-11(13)2/h4-10,16H,3,18H2,1-2H3. The molecule has 0 aliphatic heterocycles. The average molecular weight is 259 g/mol. The first-order valence-electron chi connectivity index (χ1n) is 6.36. The lowest BCUT2D eigenvalue weighted by molar-refractivity contribution is 0.335. The predicted octanol–water partition coefficient (Wildman–Crippen LogP) is 3.58. The molecule has 2 nitrogen and oxygen atoms in total. The van der Waals surface area contributed by atoms with Crippen LogP contribution in [0.2, 0.25) is 0 Å². The molecule has 1 atom stereocenters. The van der Waals surface area contributed by atoms with Gasteiger partial charge >= 0.3 is 0 Å². The lowest BCUT2D eigenvalue weighted by Crippen LogP contribution is -2.15. The van der Waals surface area contributed by atoms with E-state index in [9.17, 15) is 4.39 Å². The monoisotopic (exact) mass is 259 g/mol. The number of rotatable bonds is 4. The Balaban J connectivity index is 2.41. The summed E-state index contributed by atoms with van der Waals surface area (Å²) in [5, 5.41) is 0. The van der Waals surface area contributed by atoms with Crippen molar-refractivity contribution in [2.75, 3.05) is 6.61 Å². The van der Waals surface area contributed by atoms with Crippen LogP contribution >= 0.6 is 0 Å². The van der Waals surface area contributed by atoms with Crippen LogP contribution < -0.4 is 10.5 Å². The highest BCUT2D eigenvalue weighted by atomic mass is 19.1. The normalized spacial score (nSPS) is 12.2. The maximum Gasteiger partial charge on any atom is 0.124 e. The maximum atomic E-state index is 13.1. The highest BCUT2D eigenvalue weighted by molar-refractivity contribution is 5.43. The number of para-hydroxylation sites is 1. The van der Waals surface area contributed by atoms with Gasteiger partial charge in [-0.25, -0.2) is 4.39 Å². The summed E-state index contributed by atoms with van der Waals surface area (Å²) in [6, 6.07) is 12.0. The third-order valence-electron chi connectivity index (χ3n) is 3.12. The second-order valence-electron chi connectivity index (χ2n) is 4.45. The molecule has 3 heteroatoms. The van der Waals surface area contributed by atoms with Crippen molar-refractivity contribution in [3.63, 3.8) is 0 Å². The van der Waals surface area contributed by atoms with E-state index in [1.54, 1.807) is 6.07 Å². The molecule has 0 heterocycles. The number of benzene rings is 2. The molecule has 0 saturated heterocycles. The molecule has 0 amide bonds. The molecule has 0 saturated carbocycles. The lowest BCUT2D eigenvalue weighted by Gasteiger charge is -2.18. The second kappa shape index (κ2) is 5.85. The number of nitrogens with two attached hydrogens (primary N) is 1. The van der Waals surface area contributed by atoms with Gasteiger partial charge in [-0.2, -0.15) is 0 Å². The molecule has 0 fully saturated rings. The number of ether oxygens (including phenoxy) is 1. The van der Waals surface area contributed by atoms with Crippen LogP contribution in [0.3, 0.4) is 0 Å². The van der Waals surface area contributed by atoms with Gasteiger partial charge in [0.15, 0.2) is 0 Å². The zero-order chi connectivity index (χ0) is 13.8. The average Bonchev–Trinajstić information content (AvgIpc) is 2.39. The molecule has 0 bridgehead atoms. The molecule has 0 radical (unpaired) electrons. The van der Waals surface area contributed by atoms with E-state index in [1.807, 2.05) is 38.1 Å². The van der Waals surface area contributed by atoms with Crippen LogP contribution in [-0.4, -0.2) is 6.61 Å². The quantitative estimate of drug-likeness (QED) is 0.910. The van der Waals surface area contributed by atoms with E-state index in [0.717, 1.165) is 22.4 Å². The van der Waals surface area contributed by atoms with Gasteiger partial charge in [-0.15, -0.1) is 0 Å². The van der Waals surface area contributed by atoms with Crippen molar-refractivity contribution in [3.8, 4) is 5.75 Å². The molecule has 1 unspecified atom stereocenters. The smallest absolute Gasteiger partial charge is 0.124 e. The van der Waals surface area contributed by atoms with Crippen LogP contribution in [0.4, 0.5) is 4.39 Å². The van der Waals surface area contributed by atoms with Crippen molar-refractivity contribution in [1.82, 2.24) is 0 Å². The fraction of sp³-hybridized carbons (Fsp3) is 0.250. The third kappa shape index (κ3) is 2.93. The van der Waals surface area contributed by atoms with Gasteiger partial charge in [0.1, 0.15) is 11.6 Å². The van der Waals surface area contributed by atoms with Gasteiger partial charge in [-0.3, -0.25) is 0 Å². The Labute approximate surface area is 113 Å².